The fraction of sp³-hybridized carbons (Fsp3) is 0.400. The third-order valence-corrected chi connectivity index (χ3v) is 5.07. The minimum absolute atomic E-state index is 0.136. The first kappa shape index (κ1) is 18.2. The van der Waals surface area contributed by atoms with Crippen LogP contribution in [0.15, 0.2) is 35.3 Å². The lowest BCUT2D eigenvalue weighted by molar-refractivity contribution is -0.122. The van der Waals surface area contributed by atoms with Crippen molar-refractivity contribution in [1.29, 1.82) is 0 Å². The van der Waals surface area contributed by atoms with E-state index in [1.54, 1.807) is 13.3 Å². The van der Waals surface area contributed by atoms with Crippen LogP contribution in [0, 0.1) is 6.92 Å². The van der Waals surface area contributed by atoms with Gasteiger partial charge in [0, 0.05) is 0 Å². The molecule has 1 saturated carbocycles. The van der Waals surface area contributed by atoms with Crippen LogP contribution in [0.3, 0.4) is 0 Å². The highest BCUT2D eigenvalue weighted by Crippen LogP contribution is 2.36. The molecule has 2 aromatic heterocycles. The Hall–Kier alpha value is -3.16. The minimum Gasteiger partial charge on any atom is -0.497 e. The molecule has 146 valence electrons. The third-order valence-electron chi connectivity index (χ3n) is 5.07. The van der Waals surface area contributed by atoms with Crippen molar-refractivity contribution < 1.29 is 9.53 Å². The third kappa shape index (κ3) is 3.37. The Bertz CT molecular complexity index is 1080. The zero-order valence-corrected chi connectivity index (χ0v) is 16.2. The van der Waals surface area contributed by atoms with E-state index in [1.807, 2.05) is 42.8 Å². The molecule has 1 N–H and O–H groups in total. The molecule has 1 aliphatic rings. The Morgan fingerprint density at radius 3 is 2.68 bits per heavy atom. The van der Waals surface area contributed by atoms with Crippen molar-refractivity contribution >= 4 is 16.8 Å². The van der Waals surface area contributed by atoms with Gasteiger partial charge in [0.25, 0.3) is 5.56 Å². The number of amides is 1. The number of benzene rings is 1. The number of hydrogen-bond acceptors (Lipinski definition) is 5. The van der Waals surface area contributed by atoms with E-state index < -0.39 is 0 Å². The lowest BCUT2D eigenvalue weighted by Gasteiger charge is -2.15. The number of carbonyl (C=O) groups excluding carboxylic acids is 1. The molecule has 3 aromatic rings. The lowest BCUT2D eigenvalue weighted by atomic mass is 10.1. The first-order valence-corrected chi connectivity index (χ1v) is 9.36. The van der Waals surface area contributed by atoms with Crippen molar-refractivity contribution in [1.82, 2.24) is 24.9 Å². The van der Waals surface area contributed by atoms with Gasteiger partial charge in [0.05, 0.1) is 42.0 Å². The fourth-order valence-electron chi connectivity index (χ4n) is 3.37. The van der Waals surface area contributed by atoms with Crippen molar-refractivity contribution in [3.8, 4) is 5.75 Å². The first-order valence-electron chi connectivity index (χ1n) is 9.36. The van der Waals surface area contributed by atoms with Crippen molar-refractivity contribution in [2.75, 3.05) is 7.11 Å². The van der Waals surface area contributed by atoms with Gasteiger partial charge in [0.1, 0.15) is 12.3 Å². The number of nitrogens with zero attached hydrogens (tertiary/aromatic N) is 4. The van der Waals surface area contributed by atoms with Crippen LogP contribution in [0.5, 0.6) is 5.75 Å². The number of aryl methyl sites for hydroxylation is 1. The number of rotatable bonds is 6. The van der Waals surface area contributed by atoms with Gasteiger partial charge in [0.2, 0.25) is 5.91 Å². The van der Waals surface area contributed by atoms with Crippen molar-refractivity contribution in [2.45, 2.75) is 45.3 Å². The summed E-state index contributed by atoms with van der Waals surface area (Å²) in [4.78, 5) is 25.3. The van der Waals surface area contributed by atoms with Crippen molar-refractivity contribution in [2.24, 2.45) is 0 Å². The van der Waals surface area contributed by atoms with Crippen LogP contribution < -0.4 is 15.6 Å². The molecule has 1 fully saturated rings. The second-order valence-corrected chi connectivity index (χ2v) is 7.19. The van der Waals surface area contributed by atoms with Crippen LogP contribution >= 0.6 is 0 Å². The Labute approximate surface area is 162 Å². The van der Waals surface area contributed by atoms with Gasteiger partial charge in [-0.15, -0.1) is 0 Å². The summed E-state index contributed by atoms with van der Waals surface area (Å²) in [6.07, 6.45) is 3.78. The van der Waals surface area contributed by atoms with Crippen LogP contribution in [0.25, 0.3) is 10.9 Å². The Morgan fingerprint density at radius 2 is 2.04 bits per heavy atom. The van der Waals surface area contributed by atoms with E-state index in [-0.39, 0.29) is 24.1 Å². The molecule has 0 unspecified atom stereocenters. The topological polar surface area (TPSA) is 91.0 Å². The second-order valence-electron chi connectivity index (χ2n) is 7.19. The molecule has 4 rings (SSSR count). The molecular formula is C20H23N5O3. The molecular weight excluding hydrogens is 358 g/mol. The summed E-state index contributed by atoms with van der Waals surface area (Å²) >= 11 is 0. The van der Waals surface area contributed by atoms with Gasteiger partial charge in [-0.1, -0.05) is 12.1 Å². The van der Waals surface area contributed by atoms with E-state index in [4.69, 9.17) is 4.74 Å². The normalized spacial score (nSPS) is 14.8. The molecule has 1 aromatic carbocycles. The van der Waals surface area contributed by atoms with E-state index >= 15 is 0 Å². The summed E-state index contributed by atoms with van der Waals surface area (Å²) in [6.45, 7) is 3.57. The van der Waals surface area contributed by atoms with Gasteiger partial charge < -0.3 is 10.1 Å². The predicted octanol–water partition coefficient (Wildman–Crippen LogP) is 2.12. The quantitative estimate of drug-likeness (QED) is 0.706. The van der Waals surface area contributed by atoms with Gasteiger partial charge in [-0.3, -0.25) is 14.3 Å². The lowest BCUT2D eigenvalue weighted by Crippen LogP contribution is -2.35. The minimum atomic E-state index is -0.283. The number of aromatic nitrogens is 4. The summed E-state index contributed by atoms with van der Waals surface area (Å²) in [7, 11) is 1.61. The maximum absolute atomic E-state index is 12.8. The van der Waals surface area contributed by atoms with E-state index in [2.05, 4.69) is 15.5 Å². The number of nitrogens with one attached hydrogen (secondary N) is 1. The summed E-state index contributed by atoms with van der Waals surface area (Å²) in [5, 5.41) is 12.1. The van der Waals surface area contributed by atoms with Gasteiger partial charge >= 0.3 is 0 Å². The highest BCUT2D eigenvalue weighted by Gasteiger charge is 2.28. The summed E-state index contributed by atoms with van der Waals surface area (Å²) < 4.78 is 8.23. The SMILES string of the molecule is COc1ccc([C@H](C)NC(=O)Cn2ncc3c(c(C)nn3C3CC3)c2=O)cc1. The highest BCUT2D eigenvalue weighted by molar-refractivity contribution is 5.81. The van der Waals surface area contributed by atoms with E-state index in [1.165, 1.54) is 4.68 Å². The number of hydrogen-bond donors (Lipinski definition) is 1. The number of methoxy groups -OCH3 is 1. The molecule has 8 nitrogen and oxygen atoms in total. The molecule has 28 heavy (non-hydrogen) atoms. The zero-order valence-electron chi connectivity index (χ0n) is 16.2. The average molecular weight is 381 g/mol. The monoisotopic (exact) mass is 381 g/mol. The van der Waals surface area contributed by atoms with Crippen molar-refractivity contribution in [3.63, 3.8) is 0 Å². The number of ether oxygens (including phenoxy) is 1. The zero-order chi connectivity index (χ0) is 19.8. The van der Waals surface area contributed by atoms with Crippen molar-refractivity contribution in [3.05, 3.63) is 52.1 Å². The maximum Gasteiger partial charge on any atom is 0.278 e. The summed E-state index contributed by atoms with van der Waals surface area (Å²) in [6, 6.07) is 7.65. The second kappa shape index (κ2) is 7.10. The van der Waals surface area contributed by atoms with E-state index in [9.17, 15) is 9.59 Å². The van der Waals surface area contributed by atoms with E-state index in [0.717, 1.165) is 29.7 Å². The van der Waals surface area contributed by atoms with E-state index in [0.29, 0.717) is 17.1 Å². The fourth-order valence-corrected chi connectivity index (χ4v) is 3.37. The number of carbonyl (C=O) groups is 1. The Balaban J connectivity index is 1.51. The molecule has 0 saturated heterocycles. The molecule has 0 radical (unpaired) electrons. The van der Waals surface area contributed by atoms with Crippen LogP contribution in [0.1, 0.15) is 43.1 Å². The van der Waals surface area contributed by atoms with Crippen LogP contribution in [-0.2, 0) is 11.3 Å². The maximum atomic E-state index is 12.8. The standard InChI is InChI=1S/C20H23N5O3/c1-12(14-4-8-16(28-3)9-5-14)22-18(26)11-24-20(27)19-13(2)23-25(15-6-7-15)17(19)10-21-24/h4-5,8-10,12,15H,6-7,11H2,1-3H3,(H,22,26)/t12-/m0/s1. The Morgan fingerprint density at radius 1 is 1.32 bits per heavy atom. The molecule has 1 amide bonds. The molecule has 0 bridgehead atoms. The van der Waals surface area contributed by atoms with Crippen LogP contribution in [0.2, 0.25) is 0 Å². The van der Waals surface area contributed by atoms with Crippen LogP contribution in [0.4, 0.5) is 0 Å². The van der Waals surface area contributed by atoms with Gasteiger partial charge in [0.15, 0.2) is 0 Å². The summed E-state index contributed by atoms with van der Waals surface area (Å²) in [5.41, 5.74) is 2.09. The molecule has 2 heterocycles. The highest BCUT2D eigenvalue weighted by atomic mass is 16.5. The molecule has 0 aliphatic heterocycles. The molecule has 1 aliphatic carbocycles. The Kier molecular flexibility index (Phi) is 4.62. The largest absolute Gasteiger partial charge is 0.497 e. The molecule has 8 heteroatoms. The van der Waals surface area contributed by atoms with Gasteiger partial charge in [-0.2, -0.15) is 10.2 Å². The smallest absolute Gasteiger partial charge is 0.278 e. The van der Waals surface area contributed by atoms with Gasteiger partial charge in [-0.25, -0.2) is 4.68 Å². The molecule has 0 spiro atoms. The summed E-state index contributed by atoms with van der Waals surface area (Å²) in [5.74, 6) is 0.484. The average Bonchev–Trinajstić information content (AvgIpc) is 3.47. The molecule has 1 atom stereocenters. The van der Waals surface area contributed by atoms with Crippen LogP contribution in [-0.4, -0.2) is 32.6 Å². The predicted molar refractivity (Wildman–Crippen MR) is 104 cm³/mol. The first-order chi connectivity index (χ1) is 13.5. The number of fused-ring (bicyclic) bond motifs is 1. The van der Waals surface area contributed by atoms with Gasteiger partial charge in [-0.05, 0) is 44.4 Å².